The molecule has 1 atom stereocenters. The number of aryl methyl sites for hydroxylation is 3. The molecule has 0 spiro atoms. The third kappa shape index (κ3) is 2.74. The Morgan fingerprint density at radius 1 is 1.17 bits per heavy atom. The summed E-state index contributed by atoms with van der Waals surface area (Å²) in [5.74, 6) is 0. The molecule has 3 heteroatoms. The van der Waals surface area contributed by atoms with Gasteiger partial charge in [0.25, 0.3) is 0 Å². The minimum atomic E-state index is 0.328. The summed E-state index contributed by atoms with van der Waals surface area (Å²) < 4.78 is 5.43. The molecule has 18 heavy (non-hydrogen) atoms. The van der Waals surface area contributed by atoms with E-state index in [1.165, 1.54) is 22.3 Å². The Morgan fingerprint density at radius 3 is 2.22 bits per heavy atom. The molecule has 0 aliphatic carbocycles. The molecule has 1 aromatic carbocycles. The molecular formula is C15H24N2O. The Balaban J connectivity index is 2.32. The maximum atomic E-state index is 6.03. The van der Waals surface area contributed by atoms with Gasteiger partial charge in [-0.05, 0) is 37.5 Å². The fraction of sp³-hybridized carbons (Fsp3) is 0.600. The highest BCUT2D eigenvalue weighted by atomic mass is 16.5. The number of benzene rings is 1. The quantitative estimate of drug-likeness (QED) is 0.888. The summed E-state index contributed by atoms with van der Waals surface area (Å²) in [6.07, 6.45) is 0. The Hall–Kier alpha value is -0.900. The van der Waals surface area contributed by atoms with Crippen molar-refractivity contribution < 1.29 is 4.74 Å². The first-order chi connectivity index (χ1) is 8.63. The van der Waals surface area contributed by atoms with Crippen LogP contribution in [-0.4, -0.2) is 37.7 Å². The highest BCUT2D eigenvalue weighted by molar-refractivity contribution is 5.40. The number of nitrogens with zero attached hydrogens (tertiary/aromatic N) is 1. The monoisotopic (exact) mass is 248 g/mol. The normalized spacial score (nSPS) is 18.9. The van der Waals surface area contributed by atoms with Gasteiger partial charge in [-0.3, -0.25) is 4.90 Å². The largest absolute Gasteiger partial charge is 0.379 e. The van der Waals surface area contributed by atoms with Crippen LogP contribution >= 0.6 is 0 Å². The summed E-state index contributed by atoms with van der Waals surface area (Å²) in [5, 5.41) is 0. The van der Waals surface area contributed by atoms with Gasteiger partial charge in [0, 0.05) is 25.7 Å². The van der Waals surface area contributed by atoms with Crippen LogP contribution in [0.1, 0.15) is 28.3 Å². The van der Waals surface area contributed by atoms with Crippen molar-refractivity contribution in [2.45, 2.75) is 26.8 Å². The second kappa shape index (κ2) is 5.83. The zero-order chi connectivity index (χ0) is 13.1. The average molecular weight is 248 g/mol. The Labute approximate surface area is 110 Å². The molecule has 1 aliphatic heterocycles. The second-order valence-electron chi connectivity index (χ2n) is 5.21. The molecule has 0 saturated carbocycles. The van der Waals surface area contributed by atoms with Gasteiger partial charge in [0.2, 0.25) is 0 Å². The molecule has 0 amide bonds. The number of nitrogens with two attached hydrogens (primary N) is 1. The molecule has 3 nitrogen and oxygen atoms in total. The Bertz CT molecular complexity index is 388. The van der Waals surface area contributed by atoms with Crippen LogP contribution in [0.2, 0.25) is 0 Å². The lowest BCUT2D eigenvalue weighted by Gasteiger charge is -2.35. The molecule has 1 aliphatic rings. The first-order valence-corrected chi connectivity index (χ1v) is 6.73. The predicted octanol–water partition coefficient (Wildman–Crippen LogP) is 1.94. The maximum Gasteiger partial charge on any atom is 0.0594 e. The van der Waals surface area contributed by atoms with Crippen molar-refractivity contribution >= 4 is 0 Å². The van der Waals surface area contributed by atoms with Crippen LogP contribution < -0.4 is 5.73 Å². The van der Waals surface area contributed by atoms with Crippen LogP contribution in [-0.2, 0) is 4.74 Å². The fourth-order valence-electron chi connectivity index (χ4n) is 3.06. The number of hydrogen-bond donors (Lipinski definition) is 1. The molecule has 2 rings (SSSR count). The Morgan fingerprint density at radius 2 is 1.72 bits per heavy atom. The van der Waals surface area contributed by atoms with E-state index < -0.39 is 0 Å². The highest BCUT2D eigenvalue weighted by Gasteiger charge is 2.23. The number of ether oxygens (including phenoxy) is 1. The van der Waals surface area contributed by atoms with E-state index in [0.29, 0.717) is 12.6 Å². The molecular weight excluding hydrogens is 224 g/mol. The SMILES string of the molecule is Cc1cc(C)c(C(CN)N2CCOCC2)c(C)c1. The smallest absolute Gasteiger partial charge is 0.0594 e. The molecule has 0 radical (unpaired) electrons. The van der Waals surface area contributed by atoms with Crippen molar-refractivity contribution in [3.05, 3.63) is 34.4 Å². The van der Waals surface area contributed by atoms with E-state index >= 15 is 0 Å². The van der Waals surface area contributed by atoms with Crippen LogP contribution in [0.4, 0.5) is 0 Å². The lowest BCUT2D eigenvalue weighted by atomic mass is 9.93. The summed E-state index contributed by atoms with van der Waals surface area (Å²) in [5.41, 5.74) is 11.5. The number of rotatable bonds is 3. The highest BCUT2D eigenvalue weighted by Crippen LogP contribution is 2.28. The minimum absolute atomic E-state index is 0.328. The van der Waals surface area contributed by atoms with Crippen molar-refractivity contribution in [1.29, 1.82) is 0 Å². The van der Waals surface area contributed by atoms with Gasteiger partial charge < -0.3 is 10.5 Å². The Kier molecular flexibility index (Phi) is 4.38. The van der Waals surface area contributed by atoms with Gasteiger partial charge in [-0.1, -0.05) is 17.7 Å². The van der Waals surface area contributed by atoms with E-state index in [1.807, 2.05) is 0 Å². The van der Waals surface area contributed by atoms with E-state index in [2.05, 4.69) is 37.8 Å². The van der Waals surface area contributed by atoms with Gasteiger partial charge in [0.05, 0.1) is 13.2 Å². The van der Waals surface area contributed by atoms with E-state index in [0.717, 1.165) is 26.3 Å². The van der Waals surface area contributed by atoms with E-state index in [9.17, 15) is 0 Å². The number of morpholine rings is 1. The van der Waals surface area contributed by atoms with Crippen LogP contribution in [0.3, 0.4) is 0 Å². The summed E-state index contributed by atoms with van der Waals surface area (Å²) in [4.78, 5) is 2.45. The van der Waals surface area contributed by atoms with Gasteiger partial charge in [0.1, 0.15) is 0 Å². The van der Waals surface area contributed by atoms with Crippen LogP contribution in [0.15, 0.2) is 12.1 Å². The first-order valence-electron chi connectivity index (χ1n) is 6.73. The fourth-order valence-corrected chi connectivity index (χ4v) is 3.06. The molecule has 0 aromatic heterocycles. The molecule has 2 N–H and O–H groups in total. The number of hydrogen-bond acceptors (Lipinski definition) is 3. The standard InChI is InChI=1S/C15H24N2O/c1-11-8-12(2)15(13(3)9-11)14(10-16)17-4-6-18-7-5-17/h8-9,14H,4-7,10,16H2,1-3H3. The van der Waals surface area contributed by atoms with Gasteiger partial charge in [0.15, 0.2) is 0 Å². The second-order valence-corrected chi connectivity index (χ2v) is 5.21. The molecule has 1 heterocycles. The maximum absolute atomic E-state index is 6.03. The van der Waals surface area contributed by atoms with Crippen LogP contribution in [0.25, 0.3) is 0 Å². The summed E-state index contributed by atoms with van der Waals surface area (Å²) in [6.45, 7) is 10.8. The van der Waals surface area contributed by atoms with E-state index in [-0.39, 0.29) is 0 Å². The molecule has 1 aromatic rings. The summed E-state index contributed by atoms with van der Waals surface area (Å²) in [6, 6.07) is 4.84. The van der Waals surface area contributed by atoms with Crippen LogP contribution in [0, 0.1) is 20.8 Å². The molecule has 1 saturated heterocycles. The van der Waals surface area contributed by atoms with Gasteiger partial charge in [-0.15, -0.1) is 0 Å². The lowest BCUT2D eigenvalue weighted by Crippen LogP contribution is -2.42. The summed E-state index contributed by atoms with van der Waals surface area (Å²) >= 11 is 0. The zero-order valence-electron chi connectivity index (χ0n) is 11.7. The molecule has 1 fully saturated rings. The van der Waals surface area contributed by atoms with Crippen molar-refractivity contribution in [2.75, 3.05) is 32.8 Å². The molecule has 0 bridgehead atoms. The van der Waals surface area contributed by atoms with Crippen LogP contribution in [0.5, 0.6) is 0 Å². The topological polar surface area (TPSA) is 38.5 Å². The lowest BCUT2D eigenvalue weighted by molar-refractivity contribution is 0.0176. The molecule has 100 valence electrons. The minimum Gasteiger partial charge on any atom is -0.379 e. The van der Waals surface area contributed by atoms with Gasteiger partial charge in [-0.2, -0.15) is 0 Å². The molecule has 1 unspecified atom stereocenters. The van der Waals surface area contributed by atoms with Crippen molar-refractivity contribution in [1.82, 2.24) is 4.90 Å². The zero-order valence-corrected chi connectivity index (χ0v) is 11.7. The van der Waals surface area contributed by atoms with E-state index in [4.69, 9.17) is 10.5 Å². The third-order valence-corrected chi connectivity index (χ3v) is 3.78. The van der Waals surface area contributed by atoms with Crippen molar-refractivity contribution in [2.24, 2.45) is 5.73 Å². The van der Waals surface area contributed by atoms with Crippen molar-refractivity contribution in [3.63, 3.8) is 0 Å². The predicted molar refractivity (Wildman–Crippen MR) is 74.8 cm³/mol. The van der Waals surface area contributed by atoms with Gasteiger partial charge in [-0.25, -0.2) is 0 Å². The summed E-state index contributed by atoms with van der Waals surface area (Å²) in [7, 11) is 0. The average Bonchev–Trinajstić information content (AvgIpc) is 2.34. The van der Waals surface area contributed by atoms with Crippen molar-refractivity contribution in [3.8, 4) is 0 Å². The van der Waals surface area contributed by atoms with Gasteiger partial charge >= 0.3 is 0 Å². The third-order valence-electron chi connectivity index (χ3n) is 3.78. The first kappa shape index (κ1) is 13.5. The van der Waals surface area contributed by atoms with E-state index in [1.54, 1.807) is 0 Å².